The van der Waals surface area contributed by atoms with Crippen molar-refractivity contribution in [3.05, 3.63) is 41.7 Å². The van der Waals surface area contributed by atoms with Crippen LogP contribution < -0.4 is 14.8 Å². The van der Waals surface area contributed by atoms with Crippen LogP contribution in [0.5, 0.6) is 11.5 Å². The number of benzene rings is 1. The molecule has 3 rings (SSSR count). The maximum Gasteiger partial charge on any atom is 0.296 e. The van der Waals surface area contributed by atoms with E-state index in [0.717, 1.165) is 5.69 Å². The number of hydrogen-bond acceptors (Lipinski definition) is 4. The zero-order valence-corrected chi connectivity index (χ0v) is 13.0. The Balaban J connectivity index is 1.57. The zero-order valence-electron chi connectivity index (χ0n) is 13.0. The SMILES string of the molecule is CC(C)n1ccc(CNC(=O)C#Cc2ccc3c(c2)OCO3)n1. The molecule has 0 saturated carbocycles. The maximum atomic E-state index is 11.8. The molecule has 1 aliphatic heterocycles. The highest BCUT2D eigenvalue weighted by Crippen LogP contribution is 2.32. The minimum atomic E-state index is -0.346. The van der Waals surface area contributed by atoms with Crippen LogP contribution in [0.1, 0.15) is 31.1 Å². The highest BCUT2D eigenvalue weighted by atomic mass is 16.7. The number of rotatable bonds is 3. The highest BCUT2D eigenvalue weighted by Gasteiger charge is 2.12. The molecule has 0 unspecified atom stereocenters. The first-order valence-electron chi connectivity index (χ1n) is 7.35. The number of amides is 1. The Labute approximate surface area is 134 Å². The molecular weight excluding hydrogens is 294 g/mol. The normalized spacial score (nSPS) is 12.0. The van der Waals surface area contributed by atoms with E-state index in [4.69, 9.17) is 9.47 Å². The summed E-state index contributed by atoms with van der Waals surface area (Å²) in [5.74, 6) is 6.37. The third-order valence-electron chi connectivity index (χ3n) is 3.32. The predicted molar refractivity (Wildman–Crippen MR) is 83.9 cm³/mol. The number of carbonyl (C=O) groups is 1. The lowest BCUT2D eigenvalue weighted by Crippen LogP contribution is -2.21. The molecule has 2 heterocycles. The topological polar surface area (TPSA) is 65.4 Å². The van der Waals surface area contributed by atoms with Gasteiger partial charge in [0.15, 0.2) is 11.5 Å². The van der Waals surface area contributed by atoms with Crippen LogP contribution in [0.2, 0.25) is 0 Å². The summed E-state index contributed by atoms with van der Waals surface area (Å²) in [6, 6.07) is 7.50. The second kappa shape index (κ2) is 6.44. The fraction of sp³-hybridized carbons (Fsp3) is 0.294. The van der Waals surface area contributed by atoms with E-state index in [-0.39, 0.29) is 12.7 Å². The molecule has 6 heteroatoms. The lowest BCUT2D eigenvalue weighted by atomic mass is 10.2. The molecule has 6 nitrogen and oxygen atoms in total. The first-order chi connectivity index (χ1) is 11.1. The van der Waals surface area contributed by atoms with Crippen molar-refractivity contribution in [2.24, 2.45) is 0 Å². The number of nitrogens with zero attached hydrogens (tertiary/aromatic N) is 2. The summed E-state index contributed by atoms with van der Waals surface area (Å²) < 4.78 is 12.3. The van der Waals surface area contributed by atoms with E-state index < -0.39 is 0 Å². The summed E-state index contributed by atoms with van der Waals surface area (Å²) in [4.78, 5) is 11.8. The molecule has 0 saturated heterocycles. The number of ether oxygens (including phenoxy) is 2. The Hall–Kier alpha value is -2.94. The molecule has 23 heavy (non-hydrogen) atoms. The lowest BCUT2D eigenvalue weighted by molar-refractivity contribution is -0.115. The van der Waals surface area contributed by atoms with Gasteiger partial charge in [0.1, 0.15) is 0 Å². The molecule has 0 atom stereocenters. The van der Waals surface area contributed by atoms with Gasteiger partial charge in [-0.15, -0.1) is 0 Å². The van der Waals surface area contributed by atoms with Crippen LogP contribution in [0, 0.1) is 11.8 Å². The first-order valence-corrected chi connectivity index (χ1v) is 7.35. The van der Waals surface area contributed by atoms with Crippen LogP contribution in [0.15, 0.2) is 30.5 Å². The predicted octanol–water partition coefficient (Wildman–Crippen LogP) is 1.86. The van der Waals surface area contributed by atoms with Crippen LogP contribution in [0.4, 0.5) is 0 Å². The van der Waals surface area contributed by atoms with Gasteiger partial charge >= 0.3 is 0 Å². The van der Waals surface area contributed by atoms with Crippen molar-refractivity contribution in [1.82, 2.24) is 15.1 Å². The molecule has 0 spiro atoms. The van der Waals surface area contributed by atoms with E-state index >= 15 is 0 Å². The summed E-state index contributed by atoms with van der Waals surface area (Å²) in [6.07, 6.45) is 1.89. The smallest absolute Gasteiger partial charge is 0.296 e. The first kappa shape index (κ1) is 15.0. The van der Waals surface area contributed by atoms with Gasteiger partial charge in [-0.2, -0.15) is 5.10 Å². The number of aromatic nitrogens is 2. The number of carbonyl (C=O) groups excluding carboxylic acids is 1. The van der Waals surface area contributed by atoms with E-state index in [2.05, 4.69) is 22.3 Å². The Morgan fingerprint density at radius 1 is 1.35 bits per heavy atom. The van der Waals surface area contributed by atoms with E-state index in [1.165, 1.54) is 0 Å². The molecule has 118 valence electrons. The second-order valence-electron chi connectivity index (χ2n) is 5.38. The van der Waals surface area contributed by atoms with Crippen LogP contribution in [-0.4, -0.2) is 22.5 Å². The van der Waals surface area contributed by atoms with Crippen LogP contribution in [-0.2, 0) is 11.3 Å². The summed E-state index contributed by atoms with van der Waals surface area (Å²) in [7, 11) is 0. The number of nitrogens with one attached hydrogen (secondary N) is 1. The fourth-order valence-corrected chi connectivity index (χ4v) is 2.08. The molecule has 1 amide bonds. The van der Waals surface area contributed by atoms with Crippen molar-refractivity contribution >= 4 is 5.91 Å². The minimum absolute atomic E-state index is 0.218. The van der Waals surface area contributed by atoms with Gasteiger partial charge in [-0.1, -0.05) is 5.92 Å². The largest absolute Gasteiger partial charge is 0.454 e. The van der Waals surface area contributed by atoms with E-state index in [1.54, 1.807) is 18.2 Å². The van der Waals surface area contributed by atoms with Crippen molar-refractivity contribution in [1.29, 1.82) is 0 Å². The zero-order chi connectivity index (χ0) is 16.2. The molecular formula is C17H17N3O3. The molecule has 2 aromatic rings. The molecule has 0 fully saturated rings. The summed E-state index contributed by atoms with van der Waals surface area (Å²) in [5, 5.41) is 7.09. The Morgan fingerprint density at radius 3 is 2.96 bits per heavy atom. The number of fused-ring (bicyclic) bond motifs is 1. The average Bonchev–Trinajstić information content (AvgIpc) is 3.19. The van der Waals surface area contributed by atoms with Gasteiger partial charge in [0.2, 0.25) is 6.79 Å². The molecule has 1 N–H and O–H groups in total. The van der Waals surface area contributed by atoms with Crippen molar-refractivity contribution in [2.75, 3.05) is 6.79 Å². The Bertz CT molecular complexity index is 784. The van der Waals surface area contributed by atoms with Crippen molar-refractivity contribution in [2.45, 2.75) is 26.4 Å². The Morgan fingerprint density at radius 2 is 2.17 bits per heavy atom. The standard InChI is InChI=1S/C17H17N3O3/c1-12(2)20-8-7-14(19-20)10-18-17(21)6-4-13-3-5-15-16(9-13)23-11-22-15/h3,5,7-9,12H,10-11H2,1-2H3,(H,18,21). The monoisotopic (exact) mass is 311 g/mol. The molecule has 0 aliphatic carbocycles. The lowest BCUT2D eigenvalue weighted by Gasteiger charge is -2.03. The summed E-state index contributed by atoms with van der Waals surface area (Å²) in [5.41, 5.74) is 1.51. The van der Waals surface area contributed by atoms with Gasteiger partial charge < -0.3 is 14.8 Å². The van der Waals surface area contributed by atoms with Crippen molar-refractivity contribution in [3.8, 4) is 23.3 Å². The van der Waals surface area contributed by atoms with E-state index in [0.29, 0.717) is 29.6 Å². The minimum Gasteiger partial charge on any atom is -0.454 e. The van der Waals surface area contributed by atoms with Crippen LogP contribution in [0.3, 0.4) is 0 Å². The van der Waals surface area contributed by atoms with E-state index in [9.17, 15) is 4.79 Å². The third-order valence-corrected chi connectivity index (χ3v) is 3.32. The number of hydrogen-bond donors (Lipinski definition) is 1. The molecule has 0 radical (unpaired) electrons. The molecule has 1 aromatic carbocycles. The van der Waals surface area contributed by atoms with Gasteiger partial charge in [0, 0.05) is 23.7 Å². The van der Waals surface area contributed by atoms with Gasteiger partial charge in [0.05, 0.1) is 12.2 Å². The highest BCUT2D eigenvalue weighted by molar-refractivity contribution is 5.94. The quantitative estimate of drug-likeness (QED) is 0.879. The van der Waals surface area contributed by atoms with Gasteiger partial charge in [-0.3, -0.25) is 9.48 Å². The van der Waals surface area contributed by atoms with Gasteiger partial charge in [0.25, 0.3) is 5.91 Å². The van der Waals surface area contributed by atoms with Crippen LogP contribution in [0.25, 0.3) is 0 Å². The van der Waals surface area contributed by atoms with Gasteiger partial charge in [-0.05, 0) is 38.1 Å². The van der Waals surface area contributed by atoms with Crippen LogP contribution >= 0.6 is 0 Å². The molecule has 0 bridgehead atoms. The van der Waals surface area contributed by atoms with Crippen molar-refractivity contribution in [3.63, 3.8) is 0 Å². The fourth-order valence-electron chi connectivity index (χ4n) is 2.08. The van der Waals surface area contributed by atoms with Gasteiger partial charge in [-0.25, -0.2) is 0 Å². The Kier molecular flexibility index (Phi) is 4.20. The average molecular weight is 311 g/mol. The van der Waals surface area contributed by atoms with Crippen molar-refractivity contribution < 1.29 is 14.3 Å². The second-order valence-corrected chi connectivity index (χ2v) is 5.38. The molecule has 1 aromatic heterocycles. The third kappa shape index (κ3) is 3.64. The maximum absolute atomic E-state index is 11.8. The summed E-state index contributed by atoms with van der Waals surface area (Å²) >= 11 is 0. The summed E-state index contributed by atoms with van der Waals surface area (Å²) in [6.45, 7) is 4.67. The van der Waals surface area contributed by atoms with E-state index in [1.807, 2.05) is 30.8 Å². The molecule has 1 aliphatic rings.